The lowest BCUT2D eigenvalue weighted by molar-refractivity contribution is -0.245. The number of alkyl halides is 3. The van der Waals surface area contributed by atoms with E-state index in [1.54, 1.807) is 16.7 Å². The van der Waals surface area contributed by atoms with Crippen molar-refractivity contribution in [1.82, 2.24) is 35.1 Å². The van der Waals surface area contributed by atoms with Crippen LogP contribution in [0, 0.1) is 5.92 Å². The standard InChI is InChI=1S/C35H60F3N7O10S/c36-35(37,38)33(50)45(9-3-1-2-4-29-32-28(24-56-29)39-34(51)40-32)26-7-5-25(6-8-26)20-27-21-43(22-30(46)47)13-12-41(16-18-54-52)10-11-42(17-19-55-53)14-15-44(27)23-31(48)49/h25-29,32,52-53H,1-24H2,(H,46,47)(H,48,49)(H2,39,40,51). The normalized spacial score (nSPS) is 27.8. The van der Waals surface area contributed by atoms with Crippen molar-refractivity contribution in [3.8, 4) is 0 Å². The Bertz CT molecular complexity index is 1250. The first-order valence-electron chi connectivity index (χ1n) is 19.7. The van der Waals surface area contributed by atoms with Gasteiger partial charge in [-0.25, -0.2) is 14.6 Å². The van der Waals surface area contributed by atoms with Crippen molar-refractivity contribution < 1.29 is 62.9 Å². The number of thioether (sulfide) groups is 1. The lowest BCUT2D eigenvalue weighted by atomic mass is 9.81. The topological polar surface area (TPSA) is 208 Å². The van der Waals surface area contributed by atoms with Crippen molar-refractivity contribution in [2.24, 2.45) is 5.92 Å². The molecule has 0 aromatic rings. The summed E-state index contributed by atoms with van der Waals surface area (Å²) in [6, 6.07) is -1.00. The summed E-state index contributed by atoms with van der Waals surface area (Å²) in [6.07, 6.45) is -0.0663. The summed E-state index contributed by atoms with van der Waals surface area (Å²) in [4.78, 5) is 65.8. The highest BCUT2D eigenvalue weighted by molar-refractivity contribution is 8.00. The van der Waals surface area contributed by atoms with Gasteiger partial charge in [0.15, 0.2) is 0 Å². The van der Waals surface area contributed by atoms with E-state index in [2.05, 4.69) is 20.4 Å². The van der Waals surface area contributed by atoms with Gasteiger partial charge in [-0.1, -0.05) is 12.8 Å². The van der Waals surface area contributed by atoms with E-state index in [0.29, 0.717) is 97.3 Å². The fourth-order valence-corrected chi connectivity index (χ4v) is 10.2. The zero-order valence-electron chi connectivity index (χ0n) is 32.0. The number of carboxylic acid groups (broad SMARTS) is 2. The molecule has 4 fully saturated rings. The maximum absolute atomic E-state index is 13.8. The highest BCUT2D eigenvalue weighted by Gasteiger charge is 2.45. The molecule has 4 unspecified atom stereocenters. The predicted molar refractivity (Wildman–Crippen MR) is 199 cm³/mol. The number of unbranched alkanes of at least 4 members (excludes halogenated alkanes) is 2. The zero-order valence-corrected chi connectivity index (χ0v) is 32.8. The minimum atomic E-state index is -5.00. The van der Waals surface area contributed by atoms with E-state index in [1.165, 1.54) is 0 Å². The third-order valence-corrected chi connectivity index (χ3v) is 13.0. The smallest absolute Gasteiger partial charge is 0.471 e. The summed E-state index contributed by atoms with van der Waals surface area (Å²) in [5.74, 6) is -3.09. The van der Waals surface area contributed by atoms with Crippen LogP contribution in [0.4, 0.5) is 18.0 Å². The highest BCUT2D eigenvalue weighted by Crippen LogP contribution is 2.35. The van der Waals surface area contributed by atoms with E-state index in [4.69, 9.17) is 10.5 Å². The van der Waals surface area contributed by atoms with Gasteiger partial charge >= 0.3 is 30.1 Å². The van der Waals surface area contributed by atoms with Crippen molar-refractivity contribution in [3.63, 3.8) is 0 Å². The Kier molecular flexibility index (Phi) is 19.1. The minimum absolute atomic E-state index is 0.00497. The van der Waals surface area contributed by atoms with Gasteiger partial charge in [0.2, 0.25) is 0 Å². The molecule has 322 valence electrons. The second-order valence-electron chi connectivity index (χ2n) is 15.4. The van der Waals surface area contributed by atoms with E-state index in [-0.39, 0.29) is 68.7 Å². The fraction of sp³-hybridized carbons (Fsp3) is 0.886. The average Bonchev–Trinajstić information content (AvgIpc) is 3.70. The molecule has 17 nitrogen and oxygen atoms in total. The fourth-order valence-electron chi connectivity index (χ4n) is 8.61. The number of urea groups is 1. The van der Waals surface area contributed by atoms with Gasteiger partial charge in [-0.15, -0.1) is 0 Å². The molecule has 3 heterocycles. The number of aliphatic carboxylic acids is 2. The summed E-state index contributed by atoms with van der Waals surface area (Å²) in [5.41, 5.74) is 0. The van der Waals surface area contributed by atoms with Gasteiger partial charge in [-0.05, 0) is 50.9 Å². The van der Waals surface area contributed by atoms with Crippen LogP contribution >= 0.6 is 11.8 Å². The van der Waals surface area contributed by atoms with Crippen LogP contribution in [0.2, 0.25) is 0 Å². The Labute approximate surface area is 330 Å². The molecule has 21 heteroatoms. The molecule has 1 aliphatic carbocycles. The molecule has 4 rings (SSSR count). The largest absolute Gasteiger partial charge is 0.480 e. The van der Waals surface area contributed by atoms with Crippen LogP contribution in [0.5, 0.6) is 0 Å². The Hall–Kier alpha value is -2.50. The molecule has 0 spiro atoms. The number of carbonyl (C=O) groups excluding carboxylic acids is 2. The van der Waals surface area contributed by atoms with Gasteiger partial charge in [-0.3, -0.25) is 44.5 Å². The molecule has 3 aliphatic heterocycles. The van der Waals surface area contributed by atoms with Crippen molar-refractivity contribution in [1.29, 1.82) is 0 Å². The first-order valence-corrected chi connectivity index (χ1v) is 20.8. The summed E-state index contributed by atoms with van der Waals surface area (Å²) < 4.78 is 41.5. The monoisotopic (exact) mass is 827 g/mol. The first-order chi connectivity index (χ1) is 26.8. The molecule has 0 bridgehead atoms. The van der Waals surface area contributed by atoms with Crippen LogP contribution < -0.4 is 10.6 Å². The van der Waals surface area contributed by atoms with E-state index >= 15 is 0 Å². The van der Waals surface area contributed by atoms with E-state index < -0.39 is 36.1 Å². The molecule has 1 saturated carbocycles. The van der Waals surface area contributed by atoms with Gasteiger partial charge in [0.1, 0.15) is 0 Å². The summed E-state index contributed by atoms with van der Waals surface area (Å²) >= 11 is 1.78. The van der Waals surface area contributed by atoms with Crippen molar-refractivity contribution in [2.75, 3.05) is 97.5 Å². The number of fused-ring (bicyclic) bond motifs is 1. The van der Waals surface area contributed by atoms with Crippen molar-refractivity contribution in [3.05, 3.63) is 0 Å². The third-order valence-electron chi connectivity index (χ3n) is 11.5. The second kappa shape index (κ2) is 23.2. The third kappa shape index (κ3) is 15.0. The van der Waals surface area contributed by atoms with Gasteiger partial charge in [0.25, 0.3) is 0 Å². The lowest BCUT2D eigenvalue weighted by Gasteiger charge is -2.41. The number of rotatable bonds is 19. The molecule has 3 saturated heterocycles. The maximum Gasteiger partial charge on any atom is 0.471 e. The number of hydrogen-bond donors (Lipinski definition) is 6. The molecule has 0 aromatic carbocycles. The summed E-state index contributed by atoms with van der Waals surface area (Å²) in [5, 5.41) is 43.8. The maximum atomic E-state index is 13.8. The number of hydrogen-bond acceptors (Lipinski definition) is 13. The number of carbonyl (C=O) groups is 4. The Balaban J connectivity index is 1.41. The molecule has 0 aromatic heterocycles. The molecule has 0 radical (unpaired) electrons. The van der Waals surface area contributed by atoms with Crippen LogP contribution in [0.25, 0.3) is 0 Å². The predicted octanol–water partition coefficient (Wildman–Crippen LogP) is 1.79. The molecule has 4 atom stereocenters. The molecule has 56 heavy (non-hydrogen) atoms. The van der Waals surface area contributed by atoms with Gasteiger partial charge in [0, 0.05) is 88.5 Å². The molecule has 6 N–H and O–H groups in total. The minimum Gasteiger partial charge on any atom is -0.480 e. The van der Waals surface area contributed by atoms with E-state index in [0.717, 1.165) is 23.5 Å². The van der Waals surface area contributed by atoms with Crippen molar-refractivity contribution in [2.45, 2.75) is 93.4 Å². The zero-order chi connectivity index (χ0) is 40.7. The number of nitrogens with zero attached hydrogens (tertiary/aromatic N) is 5. The lowest BCUT2D eigenvalue weighted by Crippen LogP contribution is -2.53. The first kappa shape index (κ1) is 46.2. The second-order valence-corrected chi connectivity index (χ2v) is 16.6. The van der Waals surface area contributed by atoms with Crippen LogP contribution in [0.15, 0.2) is 0 Å². The summed E-state index contributed by atoms with van der Waals surface area (Å²) in [6.45, 7) is 3.06. The van der Waals surface area contributed by atoms with Crippen molar-refractivity contribution >= 4 is 35.6 Å². The van der Waals surface area contributed by atoms with Crippen LogP contribution in [-0.2, 0) is 24.2 Å². The quantitative estimate of drug-likeness (QED) is 0.0475. The molecular formula is C35H60F3N7O10S. The molecular weight excluding hydrogens is 767 g/mol. The SMILES string of the molecule is O=C(O)CN1CCN(CCOO)CCN(CCOO)CCN(CC(=O)O)C(CC2CCC(N(CCCCCC3SCC4NC(=O)NC43)C(=O)C(F)(F)F)CC2)C1. The number of nitrogens with one attached hydrogen (secondary N) is 2. The molecule has 3 amide bonds. The Morgan fingerprint density at radius 3 is 2.02 bits per heavy atom. The molecule has 4 aliphatic rings. The summed E-state index contributed by atoms with van der Waals surface area (Å²) in [7, 11) is 0. The van der Waals surface area contributed by atoms with Crippen LogP contribution in [0.1, 0.15) is 57.8 Å². The average molecular weight is 828 g/mol. The van der Waals surface area contributed by atoms with Gasteiger partial charge in [-0.2, -0.15) is 24.9 Å². The van der Waals surface area contributed by atoms with Gasteiger partial charge < -0.3 is 25.7 Å². The number of amides is 3. The van der Waals surface area contributed by atoms with Gasteiger partial charge in [0.05, 0.1) is 38.4 Å². The Morgan fingerprint density at radius 2 is 1.43 bits per heavy atom. The van der Waals surface area contributed by atoms with E-state index in [1.807, 2.05) is 14.7 Å². The Morgan fingerprint density at radius 1 is 0.821 bits per heavy atom. The number of carboxylic acids is 2. The van der Waals surface area contributed by atoms with Crippen LogP contribution in [0.3, 0.4) is 0 Å². The number of halogens is 3. The highest BCUT2D eigenvalue weighted by atomic mass is 32.2. The van der Waals surface area contributed by atoms with E-state index in [9.17, 15) is 42.6 Å². The van der Waals surface area contributed by atoms with Crippen LogP contribution in [-0.4, -0.2) is 202 Å².